The first kappa shape index (κ1) is 21.1. The zero-order valence-corrected chi connectivity index (χ0v) is 17.4. The van der Waals surface area contributed by atoms with Crippen LogP contribution in [-0.2, 0) is 16.0 Å². The van der Waals surface area contributed by atoms with Crippen molar-refractivity contribution in [2.45, 2.75) is 26.7 Å². The topological polar surface area (TPSA) is 66.6 Å². The zero-order chi connectivity index (χ0) is 20.8. The van der Waals surface area contributed by atoms with Gasteiger partial charge < -0.3 is 10.6 Å². The number of carbonyl (C=O) groups excluding carboxylic acids is 2. The molecule has 2 amide bonds. The summed E-state index contributed by atoms with van der Waals surface area (Å²) >= 11 is 0. The first-order valence-electron chi connectivity index (χ1n) is 10.4. The Morgan fingerprint density at radius 3 is 2.52 bits per heavy atom. The fourth-order valence-corrected chi connectivity index (χ4v) is 4.11. The second-order valence-corrected chi connectivity index (χ2v) is 8.00. The van der Waals surface area contributed by atoms with Crippen molar-refractivity contribution in [3.63, 3.8) is 0 Å². The highest BCUT2D eigenvalue weighted by Crippen LogP contribution is 2.24. The van der Waals surface area contributed by atoms with Crippen LogP contribution < -0.4 is 5.73 Å². The summed E-state index contributed by atoms with van der Waals surface area (Å²) in [6.45, 7) is 7.04. The molecule has 2 N–H and O–H groups in total. The number of rotatable bonds is 7. The maximum Gasteiger partial charge on any atom is 0.231 e. The van der Waals surface area contributed by atoms with Crippen LogP contribution in [-0.4, -0.2) is 54.3 Å². The van der Waals surface area contributed by atoms with E-state index in [1.165, 1.54) is 11.1 Å². The van der Waals surface area contributed by atoms with Crippen LogP contribution in [0.4, 0.5) is 0 Å². The molecular weight excluding hydrogens is 362 g/mol. The number of aryl methyl sites for hydroxylation is 1. The number of amides is 2. The van der Waals surface area contributed by atoms with E-state index in [1.54, 1.807) is 0 Å². The van der Waals surface area contributed by atoms with E-state index in [2.05, 4.69) is 62.4 Å². The number of nitrogens with zero attached hydrogens (tertiary/aromatic N) is 2. The van der Waals surface area contributed by atoms with E-state index in [9.17, 15) is 9.59 Å². The second kappa shape index (κ2) is 9.70. The molecule has 5 heteroatoms. The minimum Gasteiger partial charge on any atom is -0.369 e. The molecule has 0 bridgehead atoms. The lowest BCUT2D eigenvalue weighted by molar-refractivity contribution is -0.134. The molecule has 154 valence electrons. The lowest BCUT2D eigenvalue weighted by Crippen LogP contribution is -2.38. The van der Waals surface area contributed by atoms with Crippen molar-refractivity contribution >= 4 is 11.8 Å². The van der Waals surface area contributed by atoms with Gasteiger partial charge in [-0.1, -0.05) is 61.0 Å². The molecule has 1 atom stereocenters. The highest BCUT2D eigenvalue weighted by Gasteiger charge is 2.30. The van der Waals surface area contributed by atoms with Gasteiger partial charge >= 0.3 is 0 Å². The predicted octanol–water partition coefficient (Wildman–Crippen LogP) is 2.86. The van der Waals surface area contributed by atoms with Crippen LogP contribution in [0.15, 0.2) is 48.5 Å². The Bertz CT molecular complexity index is 865. The van der Waals surface area contributed by atoms with Crippen molar-refractivity contribution < 1.29 is 9.59 Å². The average Bonchev–Trinajstić information content (AvgIpc) is 2.82. The summed E-state index contributed by atoms with van der Waals surface area (Å²) in [7, 11) is 0. The summed E-state index contributed by atoms with van der Waals surface area (Å²) in [6.07, 6.45) is 1.59. The van der Waals surface area contributed by atoms with Crippen molar-refractivity contribution in [2.24, 2.45) is 11.7 Å². The van der Waals surface area contributed by atoms with E-state index in [1.807, 2.05) is 9.80 Å². The molecule has 2 aromatic rings. The van der Waals surface area contributed by atoms with Gasteiger partial charge in [-0.25, -0.2) is 0 Å². The normalized spacial score (nSPS) is 17.9. The molecule has 0 aliphatic carbocycles. The molecule has 29 heavy (non-hydrogen) atoms. The molecule has 0 aromatic heterocycles. The number of benzene rings is 2. The summed E-state index contributed by atoms with van der Waals surface area (Å²) in [4.78, 5) is 28.6. The van der Waals surface area contributed by atoms with Gasteiger partial charge in [-0.05, 0) is 36.5 Å². The Morgan fingerprint density at radius 2 is 1.83 bits per heavy atom. The van der Waals surface area contributed by atoms with Crippen molar-refractivity contribution in [3.05, 3.63) is 59.7 Å². The average molecular weight is 394 g/mol. The second-order valence-electron chi connectivity index (χ2n) is 8.00. The third kappa shape index (κ3) is 5.67. The van der Waals surface area contributed by atoms with Gasteiger partial charge in [-0.15, -0.1) is 0 Å². The number of primary amides is 1. The smallest absolute Gasteiger partial charge is 0.231 e. The molecule has 5 nitrogen and oxygen atoms in total. The molecule has 1 aliphatic heterocycles. The molecule has 3 rings (SSSR count). The van der Waals surface area contributed by atoms with Gasteiger partial charge in [0.25, 0.3) is 0 Å². The van der Waals surface area contributed by atoms with Crippen LogP contribution in [0.3, 0.4) is 0 Å². The van der Waals surface area contributed by atoms with Crippen molar-refractivity contribution in [1.82, 2.24) is 9.80 Å². The zero-order valence-electron chi connectivity index (χ0n) is 17.4. The first-order valence-corrected chi connectivity index (χ1v) is 10.4. The highest BCUT2D eigenvalue weighted by atomic mass is 16.2. The summed E-state index contributed by atoms with van der Waals surface area (Å²) < 4.78 is 0. The number of hydrogen-bond acceptors (Lipinski definition) is 3. The number of carbonyl (C=O) groups is 2. The SMILES string of the molecule is CCCN1CCN(CC(N)=O)CC(Cc2cccc(-c3cccc(C)c3)c2)C1=O. The van der Waals surface area contributed by atoms with E-state index in [-0.39, 0.29) is 24.3 Å². The Balaban J connectivity index is 1.82. The van der Waals surface area contributed by atoms with Crippen LogP contribution in [0.1, 0.15) is 24.5 Å². The van der Waals surface area contributed by atoms with Crippen LogP contribution in [0, 0.1) is 12.8 Å². The minimum atomic E-state index is -0.346. The predicted molar refractivity (Wildman–Crippen MR) is 116 cm³/mol. The van der Waals surface area contributed by atoms with Gasteiger partial charge in [0.05, 0.1) is 12.5 Å². The molecule has 1 unspecified atom stereocenters. The maximum absolute atomic E-state index is 13.2. The van der Waals surface area contributed by atoms with E-state index >= 15 is 0 Å². The molecule has 1 fully saturated rings. The van der Waals surface area contributed by atoms with Crippen molar-refractivity contribution in [2.75, 3.05) is 32.7 Å². The van der Waals surface area contributed by atoms with Gasteiger partial charge in [0, 0.05) is 26.2 Å². The maximum atomic E-state index is 13.2. The van der Waals surface area contributed by atoms with Crippen LogP contribution in [0.5, 0.6) is 0 Å². The quantitative estimate of drug-likeness (QED) is 0.787. The molecule has 2 aromatic carbocycles. The minimum absolute atomic E-state index is 0.170. The molecule has 1 heterocycles. The molecule has 0 spiro atoms. The number of nitrogens with two attached hydrogens (primary N) is 1. The molecule has 0 radical (unpaired) electrons. The van der Waals surface area contributed by atoms with E-state index in [4.69, 9.17) is 5.73 Å². The molecule has 1 saturated heterocycles. The van der Waals surface area contributed by atoms with Gasteiger partial charge in [-0.2, -0.15) is 0 Å². The van der Waals surface area contributed by atoms with E-state index < -0.39 is 0 Å². The Morgan fingerprint density at radius 1 is 1.10 bits per heavy atom. The largest absolute Gasteiger partial charge is 0.369 e. The third-order valence-corrected chi connectivity index (χ3v) is 5.46. The van der Waals surface area contributed by atoms with Crippen LogP contribution in [0.25, 0.3) is 11.1 Å². The Kier molecular flexibility index (Phi) is 7.04. The van der Waals surface area contributed by atoms with Gasteiger partial charge in [-0.3, -0.25) is 14.5 Å². The van der Waals surface area contributed by atoms with Gasteiger partial charge in [0.15, 0.2) is 0 Å². The van der Waals surface area contributed by atoms with Gasteiger partial charge in [0.2, 0.25) is 11.8 Å². The molecule has 1 aliphatic rings. The fourth-order valence-electron chi connectivity index (χ4n) is 4.11. The highest BCUT2D eigenvalue weighted by molar-refractivity contribution is 5.80. The standard InChI is InChI=1S/C24H31N3O2/c1-3-10-27-12-11-26(17-23(25)28)16-22(24(27)29)15-19-7-5-9-21(14-19)20-8-4-6-18(2)13-20/h4-9,13-14,22H,3,10-12,15-17H2,1-2H3,(H2,25,28). The summed E-state index contributed by atoms with van der Waals surface area (Å²) in [5, 5.41) is 0. The third-order valence-electron chi connectivity index (χ3n) is 5.46. The van der Waals surface area contributed by atoms with Crippen LogP contribution in [0.2, 0.25) is 0 Å². The summed E-state index contributed by atoms with van der Waals surface area (Å²) in [5.74, 6) is -0.336. The Labute approximate surface area is 173 Å². The number of hydrogen-bond donors (Lipinski definition) is 1. The monoisotopic (exact) mass is 393 g/mol. The van der Waals surface area contributed by atoms with Crippen LogP contribution >= 0.6 is 0 Å². The lowest BCUT2D eigenvalue weighted by atomic mass is 9.94. The molecule has 0 saturated carbocycles. The van der Waals surface area contributed by atoms with Gasteiger partial charge in [0.1, 0.15) is 0 Å². The Hall–Kier alpha value is -2.66. The van der Waals surface area contributed by atoms with E-state index in [0.29, 0.717) is 26.1 Å². The van der Waals surface area contributed by atoms with Crippen molar-refractivity contribution in [3.8, 4) is 11.1 Å². The first-order chi connectivity index (χ1) is 14.0. The fraction of sp³-hybridized carbons (Fsp3) is 0.417. The molecular formula is C24H31N3O2. The summed E-state index contributed by atoms with van der Waals surface area (Å²) in [5.41, 5.74) is 10.1. The summed E-state index contributed by atoms with van der Waals surface area (Å²) in [6, 6.07) is 16.9. The van der Waals surface area contributed by atoms with E-state index in [0.717, 1.165) is 24.1 Å². The lowest BCUT2D eigenvalue weighted by Gasteiger charge is -2.23. The van der Waals surface area contributed by atoms with Crippen molar-refractivity contribution in [1.29, 1.82) is 0 Å².